The van der Waals surface area contributed by atoms with Crippen molar-refractivity contribution in [2.75, 3.05) is 19.8 Å². The number of hydrogen-bond donors (Lipinski definition) is 1. The maximum absolute atomic E-state index is 11.9. The molecule has 0 spiro atoms. The van der Waals surface area contributed by atoms with Crippen LogP contribution in [-0.2, 0) is 20.9 Å². The molecule has 1 aromatic rings. The lowest BCUT2D eigenvalue weighted by molar-refractivity contribution is -0.175. The van der Waals surface area contributed by atoms with Gasteiger partial charge in [0.2, 0.25) is 5.91 Å². The molecule has 0 aliphatic carbocycles. The molecule has 1 aromatic carbocycles. The zero-order valence-electron chi connectivity index (χ0n) is 13.1. The molecule has 4 nitrogen and oxygen atoms in total. The molecular formula is C16H22F3NO3. The zero-order chi connectivity index (χ0) is 17.1. The summed E-state index contributed by atoms with van der Waals surface area (Å²) in [6.07, 6.45) is -3.53. The molecule has 1 amide bonds. The summed E-state index contributed by atoms with van der Waals surface area (Å²) in [7, 11) is 0. The van der Waals surface area contributed by atoms with E-state index >= 15 is 0 Å². The molecule has 0 aliphatic rings. The van der Waals surface area contributed by atoms with Gasteiger partial charge in [-0.25, -0.2) is 0 Å². The first-order valence-electron chi connectivity index (χ1n) is 7.42. The first-order chi connectivity index (χ1) is 10.9. The average Bonchev–Trinajstić information content (AvgIpc) is 2.46. The lowest BCUT2D eigenvalue weighted by Crippen LogP contribution is -2.36. The quantitative estimate of drug-likeness (QED) is 0.670. The first kappa shape index (κ1) is 19.4. The summed E-state index contributed by atoms with van der Waals surface area (Å²) >= 11 is 0. The second-order valence-corrected chi connectivity index (χ2v) is 5.24. The number of halogens is 3. The van der Waals surface area contributed by atoms with Gasteiger partial charge in [0.05, 0.1) is 13.2 Å². The minimum atomic E-state index is -4.35. The second kappa shape index (κ2) is 10.2. The highest BCUT2D eigenvalue weighted by Crippen LogP contribution is 2.14. The minimum Gasteiger partial charge on any atom is -0.377 e. The van der Waals surface area contributed by atoms with Crippen molar-refractivity contribution in [2.45, 2.75) is 38.6 Å². The van der Waals surface area contributed by atoms with E-state index in [9.17, 15) is 18.0 Å². The van der Waals surface area contributed by atoms with Crippen LogP contribution in [0.15, 0.2) is 30.3 Å². The van der Waals surface area contributed by atoms with Crippen molar-refractivity contribution in [3.8, 4) is 0 Å². The van der Waals surface area contributed by atoms with Gasteiger partial charge < -0.3 is 14.8 Å². The Bertz CT molecular complexity index is 452. The van der Waals surface area contributed by atoms with Gasteiger partial charge >= 0.3 is 6.18 Å². The molecule has 0 aromatic heterocycles. The molecule has 1 rings (SSSR count). The molecule has 0 aliphatic heterocycles. The number of hydrogen-bond acceptors (Lipinski definition) is 3. The molecule has 0 saturated heterocycles. The molecular weight excluding hydrogens is 311 g/mol. The van der Waals surface area contributed by atoms with Gasteiger partial charge in [-0.05, 0) is 18.9 Å². The van der Waals surface area contributed by atoms with Crippen molar-refractivity contribution in [3.05, 3.63) is 35.9 Å². The number of carbonyl (C=O) groups excluding carboxylic acids is 1. The van der Waals surface area contributed by atoms with Crippen molar-refractivity contribution >= 4 is 5.91 Å². The highest BCUT2D eigenvalue weighted by molar-refractivity contribution is 5.76. The fourth-order valence-corrected chi connectivity index (χ4v) is 1.84. The highest BCUT2D eigenvalue weighted by atomic mass is 19.4. The van der Waals surface area contributed by atoms with Crippen LogP contribution in [0, 0.1) is 0 Å². The van der Waals surface area contributed by atoms with Crippen LogP contribution in [0.4, 0.5) is 13.2 Å². The molecule has 0 bridgehead atoms. The molecule has 0 saturated carbocycles. The number of carbonyl (C=O) groups is 1. The highest BCUT2D eigenvalue weighted by Gasteiger charge is 2.27. The lowest BCUT2D eigenvalue weighted by atomic mass is 10.2. The summed E-state index contributed by atoms with van der Waals surface area (Å²) in [5, 5.41) is 2.59. The number of ether oxygens (including phenoxy) is 2. The van der Waals surface area contributed by atoms with Crippen molar-refractivity contribution in [3.63, 3.8) is 0 Å². The van der Waals surface area contributed by atoms with Crippen molar-refractivity contribution in [2.24, 2.45) is 0 Å². The maximum atomic E-state index is 11.9. The third-order valence-corrected chi connectivity index (χ3v) is 2.85. The largest absolute Gasteiger partial charge is 0.411 e. The molecule has 23 heavy (non-hydrogen) atoms. The molecule has 0 heterocycles. The number of rotatable bonds is 10. The Balaban J connectivity index is 2.03. The minimum absolute atomic E-state index is 0.171. The van der Waals surface area contributed by atoms with E-state index in [1.54, 1.807) is 6.92 Å². The zero-order valence-corrected chi connectivity index (χ0v) is 13.1. The van der Waals surface area contributed by atoms with Gasteiger partial charge in [0.1, 0.15) is 6.61 Å². The van der Waals surface area contributed by atoms with E-state index in [2.05, 4.69) is 10.1 Å². The number of alkyl halides is 3. The third-order valence-electron chi connectivity index (χ3n) is 2.85. The fraction of sp³-hybridized carbons (Fsp3) is 0.562. The predicted molar refractivity (Wildman–Crippen MR) is 79.8 cm³/mol. The van der Waals surface area contributed by atoms with Crippen LogP contribution in [0.5, 0.6) is 0 Å². The summed E-state index contributed by atoms with van der Waals surface area (Å²) in [4.78, 5) is 11.6. The fourth-order valence-electron chi connectivity index (χ4n) is 1.84. The van der Waals surface area contributed by atoms with E-state index in [1.165, 1.54) is 0 Å². The van der Waals surface area contributed by atoms with Crippen molar-refractivity contribution in [1.29, 1.82) is 0 Å². The van der Waals surface area contributed by atoms with E-state index in [4.69, 9.17) is 4.74 Å². The van der Waals surface area contributed by atoms with Crippen LogP contribution < -0.4 is 5.32 Å². The summed E-state index contributed by atoms with van der Waals surface area (Å²) in [6.45, 7) is 1.06. The Morgan fingerprint density at radius 3 is 2.57 bits per heavy atom. The summed E-state index contributed by atoms with van der Waals surface area (Å²) < 4.78 is 45.6. The molecule has 1 N–H and O–H groups in total. The van der Waals surface area contributed by atoms with Crippen LogP contribution in [0.2, 0.25) is 0 Å². The van der Waals surface area contributed by atoms with Crippen molar-refractivity contribution < 1.29 is 27.4 Å². The number of amides is 1. The summed E-state index contributed by atoms with van der Waals surface area (Å²) in [5.74, 6) is -0.226. The Kier molecular flexibility index (Phi) is 8.65. The van der Waals surface area contributed by atoms with Gasteiger partial charge in [-0.1, -0.05) is 30.3 Å². The standard InChI is InChI=1S/C16H22F3NO3/c1-13(10-23-12-16(17,18)19)20-15(21)8-5-9-22-11-14-6-3-2-4-7-14/h2-4,6-7,13H,5,8-12H2,1H3,(H,20,21)/t13-/m0/s1. The Labute approximate surface area is 134 Å². The van der Waals surface area contributed by atoms with Gasteiger partial charge in [0, 0.05) is 19.1 Å². The number of benzene rings is 1. The summed E-state index contributed by atoms with van der Waals surface area (Å²) in [5.41, 5.74) is 1.06. The smallest absolute Gasteiger partial charge is 0.377 e. The average molecular weight is 333 g/mol. The van der Waals surface area contributed by atoms with Crippen LogP contribution in [0.3, 0.4) is 0 Å². The van der Waals surface area contributed by atoms with Gasteiger partial charge in [0.25, 0.3) is 0 Å². The van der Waals surface area contributed by atoms with Gasteiger partial charge in [-0.15, -0.1) is 0 Å². The SMILES string of the molecule is C[C@@H](COCC(F)(F)F)NC(=O)CCCOCc1ccccc1. The molecule has 7 heteroatoms. The van der Waals surface area contributed by atoms with E-state index in [-0.39, 0.29) is 18.9 Å². The predicted octanol–water partition coefficient (Wildman–Crippen LogP) is 3.07. The van der Waals surface area contributed by atoms with Gasteiger partial charge in [-0.3, -0.25) is 4.79 Å². The third kappa shape index (κ3) is 10.7. The molecule has 130 valence electrons. The molecule has 0 fully saturated rings. The molecule has 0 unspecified atom stereocenters. The summed E-state index contributed by atoms with van der Waals surface area (Å²) in [6, 6.07) is 9.22. The topological polar surface area (TPSA) is 47.6 Å². The van der Waals surface area contributed by atoms with E-state index in [1.807, 2.05) is 30.3 Å². The van der Waals surface area contributed by atoms with Crippen molar-refractivity contribution in [1.82, 2.24) is 5.32 Å². The molecule has 1 atom stereocenters. The number of nitrogens with one attached hydrogen (secondary N) is 1. The normalized spacial score (nSPS) is 12.9. The van der Waals surface area contributed by atoms with Crippen LogP contribution in [0.1, 0.15) is 25.3 Å². The van der Waals surface area contributed by atoms with Crippen LogP contribution in [-0.4, -0.2) is 37.9 Å². The van der Waals surface area contributed by atoms with Crippen LogP contribution in [0.25, 0.3) is 0 Å². The second-order valence-electron chi connectivity index (χ2n) is 5.24. The van der Waals surface area contributed by atoms with E-state index in [0.717, 1.165) is 5.56 Å². The Morgan fingerprint density at radius 2 is 1.91 bits per heavy atom. The van der Waals surface area contributed by atoms with E-state index < -0.39 is 18.8 Å². The Morgan fingerprint density at radius 1 is 1.22 bits per heavy atom. The Hall–Kier alpha value is -1.60. The maximum Gasteiger partial charge on any atom is 0.411 e. The molecule has 0 radical (unpaired) electrons. The first-order valence-corrected chi connectivity index (χ1v) is 7.42. The van der Waals surface area contributed by atoms with E-state index in [0.29, 0.717) is 19.6 Å². The van der Waals surface area contributed by atoms with Gasteiger partial charge in [-0.2, -0.15) is 13.2 Å². The lowest BCUT2D eigenvalue weighted by Gasteiger charge is -2.15. The van der Waals surface area contributed by atoms with Crippen LogP contribution >= 0.6 is 0 Å². The van der Waals surface area contributed by atoms with Gasteiger partial charge in [0.15, 0.2) is 0 Å². The monoisotopic (exact) mass is 333 g/mol.